The largest absolute Gasteiger partial charge is 0.353 e. The molecule has 1 aromatic rings. The summed E-state index contributed by atoms with van der Waals surface area (Å²) in [7, 11) is -4.35. The molecule has 2 N–H and O–H groups in total. The van der Waals surface area contributed by atoms with Crippen LogP contribution in [0.1, 0.15) is 0 Å². The number of rotatable bonds is 8. The van der Waals surface area contributed by atoms with E-state index >= 15 is 0 Å². The molecule has 0 amide bonds. The van der Waals surface area contributed by atoms with E-state index in [0.29, 0.717) is 12.1 Å². The van der Waals surface area contributed by atoms with Gasteiger partial charge in [-0.1, -0.05) is 12.2 Å². The molecule has 1 aromatic carbocycles. The Hall–Kier alpha value is -2.79. The van der Waals surface area contributed by atoms with Gasteiger partial charge in [-0.15, -0.1) is 13.2 Å². The molecule has 0 aliphatic heterocycles. The van der Waals surface area contributed by atoms with Crippen LogP contribution < -0.4 is 10.0 Å². The van der Waals surface area contributed by atoms with E-state index < -0.39 is 36.1 Å². The van der Waals surface area contributed by atoms with Gasteiger partial charge >= 0.3 is 11.4 Å². The first-order valence-corrected chi connectivity index (χ1v) is 7.64. The molecule has 0 saturated heterocycles. The minimum Gasteiger partial charge on any atom is -0.353 e. The molecule has 0 bridgehead atoms. The van der Waals surface area contributed by atoms with Gasteiger partial charge in [-0.05, 0) is 0 Å². The fourth-order valence-corrected chi connectivity index (χ4v) is 2.47. The van der Waals surface area contributed by atoms with Crippen LogP contribution in [0.3, 0.4) is 0 Å². The second kappa shape index (κ2) is 6.98. The number of hydrogen-bond donors (Lipinski definition) is 1. The highest BCUT2D eigenvalue weighted by molar-refractivity contribution is 7.89. The van der Waals surface area contributed by atoms with Crippen molar-refractivity contribution in [3.8, 4) is 0 Å². The second-order valence-corrected chi connectivity index (χ2v) is 5.91. The normalized spacial score (nSPS) is 10.8. The van der Waals surface area contributed by atoms with Crippen LogP contribution in [0, 0.1) is 20.2 Å². The Kier molecular flexibility index (Phi) is 5.54. The van der Waals surface area contributed by atoms with Gasteiger partial charge in [-0.25, -0.2) is 13.6 Å². The van der Waals surface area contributed by atoms with Gasteiger partial charge in [0.2, 0.25) is 10.0 Å². The Bertz CT molecular complexity index is 729. The third-order valence-corrected chi connectivity index (χ3v) is 3.67. The van der Waals surface area contributed by atoms with Crippen molar-refractivity contribution in [1.82, 2.24) is 0 Å². The lowest BCUT2D eigenvalue weighted by Crippen LogP contribution is -2.25. The van der Waals surface area contributed by atoms with E-state index in [1.807, 2.05) is 0 Å². The Morgan fingerprint density at radius 2 is 1.48 bits per heavy atom. The molecule has 0 aliphatic carbocycles. The standard InChI is InChI=1S/C12H14N4O6S/c1-3-5-14(6-4-2)12-10(15(17)18)7-9(23(13,21)22)8-11(12)16(19)20/h3-4,7-8H,1-2,5-6H2,(H2,13,21,22). The first kappa shape index (κ1) is 18.3. The van der Waals surface area contributed by atoms with E-state index in [4.69, 9.17) is 5.14 Å². The molecule has 0 fully saturated rings. The summed E-state index contributed by atoms with van der Waals surface area (Å²) in [6, 6.07) is 1.38. The third-order valence-electron chi connectivity index (χ3n) is 2.78. The average Bonchev–Trinajstić information content (AvgIpc) is 2.44. The van der Waals surface area contributed by atoms with Crippen molar-refractivity contribution in [2.45, 2.75) is 4.90 Å². The molecule has 23 heavy (non-hydrogen) atoms. The Morgan fingerprint density at radius 3 is 1.74 bits per heavy atom. The lowest BCUT2D eigenvalue weighted by Gasteiger charge is -2.21. The van der Waals surface area contributed by atoms with Crippen LogP contribution in [0.4, 0.5) is 17.1 Å². The summed E-state index contributed by atoms with van der Waals surface area (Å²) in [4.78, 5) is 21.3. The van der Waals surface area contributed by atoms with Crippen LogP contribution >= 0.6 is 0 Å². The molecule has 0 spiro atoms. The fourth-order valence-electron chi connectivity index (χ4n) is 1.91. The van der Waals surface area contributed by atoms with Crippen LogP contribution in [-0.4, -0.2) is 31.4 Å². The molecular weight excluding hydrogens is 328 g/mol. The Labute approximate surface area is 131 Å². The molecule has 1 rings (SSSR count). The van der Waals surface area contributed by atoms with Crippen molar-refractivity contribution in [1.29, 1.82) is 0 Å². The SMILES string of the molecule is C=CCN(CC=C)c1c([N+](=O)[O-])cc(S(N)(=O)=O)cc1[N+](=O)[O-]. The van der Waals surface area contributed by atoms with Crippen LogP contribution in [0.2, 0.25) is 0 Å². The summed E-state index contributed by atoms with van der Waals surface area (Å²) in [5, 5.41) is 27.4. The maximum absolute atomic E-state index is 11.4. The minimum absolute atomic E-state index is 0.0580. The van der Waals surface area contributed by atoms with Crippen LogP contribution in [0.15, 0.2) is 42.3 Å². The molecule has 0 saturated carbocycles. The number of sulfonamides is 1. The van der Waals surface area contributed by atoms with Crippen LogP contribution in [0.5, 0.6) is 0 Å². The lowest BCUT2D eigenvalue weighted by molar-refractivity contribution is -0.393. The number of nitro benzene ring substituents is 2. The van der Waals surface area contributed by atoms with Crippen molar-refractivity contribution in [2.75, 3.05) is 18.0 Å². The highest BCUT2D eigenvalue weighted by atomic mass is 32.2. The maximum Gasteiger partial charge on any atom is 0.301 e. The van der Waals surface area contributed by atoms with Gasteiger partial charge in [0.25, 0.3) is 0 Å². The number of anilines is 1. The van der Waals surface area contributed by atoms with E-state index in [2.05, 4.69) is 13.2 Å². The summed E-state index contributed by atoms with van der Waals surface area (Å²) < 4.78 is 22.8. The van der Waals surface area contributed by atoms with Crippen molar-refractivity contribution in [3.05, 3.63) is 57.7 Å². The van der Waals surface area contributed by atoms with Gasteiger partial charge < -0.3 is 4.90 Å². The fraction of sp³-hybridized carbons (Fsp3) is 0.167. The first-order chi connectivity index (χ1) is 10.6. The molecule has 0 aromatic heterocycles. The van der Waals surface area contributed by atoms with Crippen LogP contribution in [-0.2, 0) is 10.0 Å². The lowest BCUT2D eigenvalue weighted by atomic mass is 10.2. The predicted octanol–water partition coefficient (Wildman–Crippen LogP) is 1.33. The topological polar surface area (TPSA) is 150 Å². The van der Waals surface area contributed by atoms with Crippen molar-refractivity contribution in [3.63, 3.8) is 0 Å². The molecule has 10 nitrogen and oxygen atoms in total. The zero-order valence-corrected chi connectivity index (χ0v) is 12.7. The summed E-state index contributed by atoms with van der Waals surface area (Å²) >= 11 is 0. The Balaban J connectivity index is 3.84. The van der Waals surface area contributed by atoms with Crippen LogP contribution in [0.25, 0.3) is 0 Å². The molecule has 0 atom stereocenters. The first-order valence-electron chi connectivity index (χ1n) is 6.09. The second-order valence-electron chi connectivity index (χ2n) is 4.35. The van der Waals surface area contributed by atoms with E-state index in [0.717, 1.165) is 0 Å². The van der Waals surface area contributed by atoms with Gasteiger partial charge in [0.05, 0.1) is 14.7 Å². The quantitative estimate of drug-likeness (QED) is 0.425. The zero-order valence-electron chi connectivity index (χ0n) is 11.9. The zero-order chi connectivity index (χ0) is 17.8. The predicted molar refractivity (Wildman–Crippen MR) is 83.7 cm³/mol. The molecule has 0 radical (unpaired) electrons. The van der Waals surface area contributed by atoms with Gasteiger partial charge in [-0.3, -0.25) is 20.2 Å². The molecule has 0 unspecified atom stereocenters. The van der Waals surface area contributed by atoms with Gasteiger partial charge in [0, 0.05) is 25.2 Å². The van der Waals surface area contributed by atoms with Gasteiger partial charge in [0.15, 0.2) is 5.69 Å². The molecule has 0 heterocycles. The summed E-state index contributed by atoms with van der Waals surface area (Å²) in [5.41, 5.74) is -1.83. The summed E-state index contributed by atoms with van der Waals surface area (Å²) in [5.74, 6) is 0. The summed E-state index contributed by atoms with van der Waals surface area (Å²) in [6.07, 6.45) is 2.79. The minimum atomic E-state index is -4.35. The van der Waals surface area contributed by atoms with E-state index in [1.54, 1.807) is 0 Å². The van der Waals surface area contributed by atoms with Crippen molar-refractivity contribution >= 4 is 27.1 Å². The highest BCUT2D eigenvalue weighted by Crippen LogP contribution is 2.39. The number of nitrogens with zero attached hydrogens (tertiary/aromatic N) is 3. The number of nitro groups is 2. The third kappa shape index (κ3) is 4.11. The number of hydrogen-bond acceptors (Lipinski definition) is 7. The van der Waals surface area contributed by atoms with Crippen molar-refractivity contribution < 1.29 is 18.3 Å². The van der Waals surface area contributed by atoms with E-state index in [9.17, 15) is 28.6 Å². The monoisotopic (exact) mass is 342 g/mol. The molecule has 124 valence electrons. The summed E-state index contributed by atoms with van der Waals surface area (Å²) in [6.45, 7) is 7.08. The number of nitrogens with two attached hydrogens (primary N) is 1. The number of primary sulfonamides is 1. The maximum atomic E-state index is 11.4. The van der Waals surface area contributed by atoms with E-state index in [-0.39, 0.29) is 18.8 Å². The molecular formula is C12H14N4O6S. The average molecular weight is 342 g/mol. The van der Waals surface area contributed by atoms with Gasteiger partial charge in [0.1, 0.15) is 0 Å². The van der Waals surface area contributed by atoms with Gasteiger partial charge in [-0.2, -0.15) is 0 Å². The Morgan fingerprint density at radius 1 is 1.09 bits per heavy atom. The number of benzene rings is 1. The van der Waals surface area contributed by atoms with E-state index in [1.165, 1.54) is 17.1 Å². The molecule has 11 heteroatoms. The molecule has 0 aliphatic rings. The van der Waals surface area contributed by atoms with Crippen molar-refractivity contribution in [2.24, 2.45) is 5.14 Å². The smallest absolute Gasteiger partial charge is 0.301 e. The highest BCUT2D eigenvalue weighted by Gasteiger charge is 2.32.